The first-order valence-electron chi connectivity index (χ1n) is 7.43. The van der Waals surface area contributed by atoms with E-state index in [0.29, 0.717) is 24.8 Å². The quantitative estimate of drug-likeness (QED) is 0.852. The number of benzene rings is 1. The molecule has 0 amide bonds. The molecule has 1 aromatic carbocycles. The third-order valence-electron chi connectivity index (χ3n) is 4.22. The monoisotopic (exact) mass is 312 g/mol. The SMILES string of the molecule is COc1ccc(Cl)cc1COC1CCC2(CC1)OCCO2. The van der Waals surface area contributed by atoms with E-state index in [2.05, 4.69) is 0 Å². The van der Waals surface area contributed by atoms with Gasteiger partial charge in [0.15, 0.2) is 5.79 Å². The summed E-state index contributed by atoms with van der Waals surface area (Å²) in [6.07, 6.45) is 3.98. The third-order valence-corrected chi connectivity index (χ3v) is 4.46. The van der Waals surface area contributed by atoms with Crippen LogP contribution in [-0.2, 0) is 20.8 Å². The molecule has 1 spiro atoms. The normalized spacial score (nSPS) is 21.8. The molecule has 0 atom stereocenters. The number of rotatable bonds is 4. The van der Waals surface area contributed by atoms with E-state index in [1.807, 2.05) is 18.2 Å². The second-order valence-corrected chi connectivity index (χ2v) is 6.01. The van der Waals surface area contributed by atoms with Crippen LogP contribution in [0.2, 0.25) is 5.02 Å². The van der Waals surface area contributed by atoms with Crippen molar-refractivity contribution >= 4 is 11.6 Å². The Hall–Kier alpha value is -0.810. The van der Waals surface area contributed by atoms with Gasteiger partial charge in [0.2, 0.25) is 0 Å². The van der Waals surface area contributed by atoms with Crippen molar-refractivity contribution in [2.45, 2.75) is 44.2 Å². The van der Waals surface area contributed by atoms with E-state index in [9.17, 15) is 0 Å². The lowest BCUT2D eigenvalue weighted by Crippen LogP contribution is -2.37. The highest BCUT2D eigenvalue weighted by Gasteiger charge is 2.40. The lowest BCUT2D eigenvalue weighted by molar-refractivity contribution is -0.192. The van der Waals surface area contributed by atoms with Crippen LogP contribution >= 0.6 is 11.6 Å². The highest BCUT2D eigenvalue weighted by atomic mass is 35.5. The Labute approximate surface area is 130 Å². The maximum atomic E-state index is 6.03. The number of hydrogen-bond donors (Lipinski definition) is 0. The first kappa shape index (κ1) is 15.1. The Morgan fingerprint density at radius 3 is 2.62 bits per heavy atom. The van der Waals surface area contributed by atoms with Gasteiger partial charge in [-0.1, -0.05) is 11.6 Å². The van der Waals surface area contributed by atoms with Crippen LogP contribution < -0.4 is 4.74 Å². The van der Waals surface area contributed by atoms with Crippen LogP contribution in [0.15, 0.2) is 18.2 Å². The molecule has 2 fully saturated rings. The first-order valence-corrected chi connectivity index (χ1v) is 7.80. The van der Waals surface area contributed by atoms with Crippen LogP contribution in [0.25, 0.3) is 0 Å². The summed E-state index contributed by atoms with van der Waals surface area (Å²) in [6, 6.07) is 5.59. The van der Waals surface area contributed by atoms with Crippen molar-refractivity contribution in [3.05, 3.63) is 28.8 Å². The molecule has 2 aliphatic rings. The van der Waals surface area contributed by atoms with Gasteiger partial charge in [0.1, 0.15) is 5.75 Å². The van der Waals surface area contributed by atoms with Crippen molar-refractivity contribution in [1.29, 1.82) is 0 Å². The van der Waals surface area contributed by atoms with Crippen LogP contribution in [-0.4, -0.2) is 32.2 Å². The summed E-state index contributed by atoms with van der Waals surface area (Å²) in [5.74, 6) is 0.488. The molecule has 1 aliphatic heterocycles. The topological polar surface area (TPSA) is 36.9 Å². The summed E-state index contributed by atoms with van der Waals surface area (Å²) in [7, 11) is 1.66. The molecule has 0 radical (unpaired) electrons. The molecule has 0 bridgehead atoms. The van der Waals surface area contributed by atoms with Gasteiger partial charge in [-0.3, -0.25) is 0 Å². The summed E-state index contributed by atoms with van der Waals surface area (Å²) < 4.78 is 22.8. The lowest BCUT2D eigenvalue weighted by atomic mass is 9.92. The van der Waals surface area contributed by atoms with Gasteiger partial charge in [-0.25, -0.2) is 0 Å². The molecule has 1 aliphatic carbocycles. The van der Waals surface area contributed by atoms with E-state index in [1.165, 1.54) is 0 Å². The summed E-state index contributed by atoms with van der Waals surface area (Å²) in [5, 5.41) is 0.699. The van der Waals surface area contributed by atoms with Crippen molar-refractivity contribution in [1.82, 2.24) is 0 Å². The van der Waals surface area contributed by atoms with Gasteiger partial charge in [-0.15, -0.1) is 0 Å². The second-order valence-electron chi connectivity index (χ2n) is 5.57. The standard InChI is InChI=1S/C16H21ClO4/c1-18-15-3-2-13(17)10-12(15)11-19-14-4-6-16(7-5-14)20-8-9-21-16/h2-3,10,14H,4-9,11H2,1H3. The van der Waals surface area contributed by atoms with Gasteiger partial charge in [0.05, 0.1) is 33.0 Å². The van der Waals surface area contributed by atoms with Gasteiger partial charge in [0.25, 0.3) is 0 Å². The zero-order chi connectivity index (χ0) is 14.7. The maximum Gasteiger partial charge on any atom is 0.168 e. The average Bonchev–Trinajstić information content (AvgIpc) is 2.95. The Bertz CT molecular complexity index is 475. The molecule has 21 heavy (non-hydrogen) atoms. The average molecular weight is 313 g/mol. The van der Waals surface area contributed by atoms with Crippen LogP contribution in [0, 0.1) is 0 Å². The summed E-state index contributed by atoms with van der Waals surface area (Å²) >= 11 is 6.03. The molecule has 5 heteroatoms. The van der Waals surface area contributed by atoms with Crippen molar-refractivity contribution in [2.75, 3.05) is 20.3 Å². The fourth-order valence-electron chi connectivity index (χ4n) is 3.05. The van der Waals surface area contributed by atoms with Gasteiger partial charge >= 0.3 is 0 Å². The van der Waals surface area contributed by atoms with E-state index in [0.717, 1.165) is 37.0 Å². The largest absolute Gasteiger partial charge is 0.496 e. The molecule has 4 nitrogen and oxygen atoms in total. The van der Waals surface area contributed by atoms with Crippen molar-refractivity contribution in [3.8, 4) is 5.75 Å². The fourth-order valence-corrected chi connectivity index (χ4v) is 3.25. The van der Waals surface area contributed by atoms with E-state index >= 15 is 0 Å². The number of methoxy groups -OCH3 is 1. The second kappa shape index (κ2) is 6.53. The van der Waals surface area contributed by atoms with Gasteiger partial charge in [-0.05, 0) is 31.0 Å². The van der Waals surface area contributed by atoms with E-state index in [4.69, 9.17) is 30.5 Å². The molecule has 1 heterocycles. The van der Waals surface area contributed by atoms with E-state index in [-0.39, 0.29) is 11.9 Å². The molecular weight excluding hydrogens is 292 g/mol. The molecule has 0 unspecified atom stereocenters. The van der Waals surface area contributed by atoms with Crippen molar-refractivity contribution in [3.63, 3.8) is 0 Å². The molecule has 116 valence electrons. The lowest BCUT2D eigenvalue weighted by Gasteiger charge is -2.35. The Morgan fingerprint density at radius 1 is 1.24 bits per heavy atom. The minimum Gasteiger partial charge on any atom is -0.496 e. The Morgan fingerprint density at radius 2 is 1.95 bits per heavy atom. The molecule has 3 rings (SSSR count). The third kappa shape index (κ3) is 3.51. The predicted octanol–water partition coefficient (Wildman–Crippen LogP) is 3.55. The molecule has 0 N–H and O–H groups in total. The molecule has 1 saturated carbocycles. The van der Waals surface area contributed by atoms with Crippen LogP contribution in [0.4, 0.5) is 0 Å². The highest BCUT2D eigenvalue weighted by Crippen LogP contribution is 2.37. The smallest absolute Gasteiger partial charge is 0.168 e. The van der Waals surface area contributed by atoms with Gasteiger partial charge in [-0.2, -0.15) is 0 Å². The van der Waals surface area contributed by atoms with Crippen LogP contribution in [0.5, 0.6) is 5.75 Å². The van der Waals surface area contributed by atoms with Crippen LogP contribution in [0.1, 0.15) is 31.2 Å². The number of hydrogen-bond acceptors (Lipinski definition) is 4. The first-order chi connectivity index (χ1) is 10.2. The summed E-state index contributed by atoms with van der Waals surface area (Å²) in [6.45, 7) is 1.94. The minimum absolute atomic E-state index is 0.243. The van der Waals surface area contributed by atoms with E-state index in [1.54, 1.807) is 7.11 Å². The summed E-state index contributed by atoms with van der Waals surface area (Å²) in [4.78, 5) is 0. The predicted molar refractivity (Wildman–Crippen MR) is 79.7 cm³/mol. The van der Waals surface area contributed by atoms with Crippen molar-refractivity contribution < 1.29 is 18.9 Å². The van der Waals surface area contributed by atoms with Gasteiger partial charge < -0.3 is 18.9 Å². The highest BCUT2D eigenvalue weighted by molar-refractivity contribution is 6.30. The zero-order valence-corrected chi connectivity index (χ0v) is 13.0. The minimum atomic E-state index is -0.326. The summed E-state index contributed by atoms with van der Waals surface area (Å²) in [5.41, 5.74) is 0.985. The Kier molecular flexibility index (Phi) is 4.69. The maximum absolute atomic E-state index is 6.03. The zero-order valence-electron chi connectivity index (χ0n) is 12.3. The molecular formula is C16H21ClO4. The molecule has 1 saturated heterocycles. The molecule has 1 aromatic rings. The Balaban J connectivity index is 1.53. The van der Waals surface area contributed by atoms with E-state index < -0.39 is 0 Å². The van der Waals surface area contributed by atoms with Crippen LogP contribution in [0.3, 0.4) is 0 Å². The van der Waals surface area contributed by atoms with Gasteiger partial charge in [0, 0.05) is 23.4 Å². The number of ether oxygens (including phenoxy) is 4. The molecule has 0 aromatic heterocycles. The number of halogens is 1. The fraction of sp³-hybridized carbons (Fsp3) is 0.625. The van der Waals surface area contributed by atoms with Crippen molar-refractivity contribution in [2.24, 2.45) is 0 Å².